The number of carbonyl (C=O) groups is 2. The largest absolute Gasteiger partial charge is 0.461 e. The SMILES string of the molecule is CCCC(=O)O[C@H]1[C@@H]([N+]2(CC)CCCCC2)CC2C3CC[C@H]4C[C@H](OC(C)=O)[C@@H](N5CCOCC5)C[C@]4(C)C3CC[C@@]21C. The van der Waals surface area contributed by atoms with Gasteiger partial charge in [0.1, 0.15) is 12.1 Å². The summed E-state index contributed by atoms with van der Waals surface area (Å²) in [6.45, 7) is 18.3. The molecule has 0 N–H and O–H groups in total. The van der Waals surface area contributed by atoms with Gasteiger partial charge < -0.3 is 18.7 Å². The molecule has 0 amide bonds. The predicted octanol–water partition coefficient (Wildman–Crippen LogP) is 5.98. The normalized spacial score (nSPS) is 44.5. The number of likely N-dealkylation sites (N-methyl/N-ethyl adjacent to an activating group) is 1. The smallest absolute Gasteiger partial charge is 0.306 e. The third-order valence-electron chi connectivity index (χ3n) is 14.2. The molecule has 4 saturated carbocycles. The number of nitrogens with zero attached hydrogens (tertiary/aromatic N) is 2. The number of quaternary nitrogens is 1. The first-order valence-corrected chi connectivity index (χ1v) is 18.2. The molecule has 0 aromatic heterocycles. The summed E-state index contributed by atoms with van der Waals surface area (Å²) >= 11 is 0. The first kappa shape index (κ1) is 31.8. The third kappa shape index (κ3) is 5.60. The monoisotopic (exact) mass is 601 g/mol. The summed E-state index contributed by atoms with van der Waals surface area (Å²) < 4.78 is 19.6. The molecule has 43 heavy (non-hydrogen) atoms. The quantitative estimate of drug-likeness (QED) is 0.264. The van der Waals surface area contributed by atoms with Gasteiger partial charge in [-0.2, -0.15) is 0 Å². The number of esters is 2. The van der Waals surface area contributed by atoms with Gasteiger partial charge in [-0.1, -0.05) is 20.8 Å². The maximum atomic E-state index is 13.2. The van der Waals surface area contributed by atoms with Crippen molar-refractivity contribution < 1.29 is 28.3 Å². The molecule has 7 heteroatoms. The highest BCUT2D eigenvalue weighted by Gasteiger charge is 2.67. The zero-order chi connectivity index (χ0) is 30.4. The topological polar surface area (TPSA) is 65.1 Å². The minimum atomic E-state index is -0.139. The molecule has 2 aliphatic heterocycles. The Morgan fingerprint density at radius 3 is 2.35 bits per heavy atom. The highest BCUT2D eigenvalue weighted by Crippen LogP contribution is 2.67. The molecule has 3 unspecified atom stereocenters. The van der Waals surface area contributed by atoms with Gasteiger partial charge in [0, 0.05) is 44.3 Å². The minimum Gasteiger partial charge on any atom is -0.461 e. The number of hydrogen-bond donors (Lipinski definition) is 0. The molecule has 2 saturated heterocycles. The Balaban J connectivity index is 1.30. The van der Waals surface area contributed by atoms with Gasteiger partial charge in [-0.15, -0.1) is 0 Å². The van der Waals surface area contributed by atoms with E-state index >= 15 is 0 Å². The molecule has 2 heterocycles. The highest BCUT2D eigenvalue weighted by atomic mass is 16.5. The van der Waals surface area contributed by atoms with Crippen LogP contribution in [0, 0.1) is 34.5 Å². The second-order valence-electron chi connectivity index (χ2n) is 16.0. The molecule has 7 nitrogen and oxygen atoms in total. The van der Waals surface area contributed by atoms with Crippen molar-refractivity contribution in [2.24, 2.45) is 34.5 Å². The van der Waals surface area contributed by atoms with Gasteiger partial charge in [-0.3, -0.25) is 14.5 Å². The van der Waals surface area contributed by atoms with Crippen LogP contribution in [0.2, 0.25) is 0 Å². The minimum absolute atomic E-state index is 0.00897. The van der Waals surface area contributed by atoms with Crippen LogP contribution in [-0.2, 0) is 23.8 Å². The summed E-state index contributed by atoms with van der Waals surface area (Å²) in [6, 6.07) is 0.716. The van der Waals surface area contributed by atoms with E-state index in [1.807, 2.05) is 0 Å². The molecule has 0 aromatic carbocycles. The van der Waals surface area contributed by atoms with Crippen LogP contribution >= 0.6 is 0 Å². The van der Waals surface area contributed by atoms with Gasteiger partial charge in [-0.05, 0) is 100 Å². The maximum Gasteiger partial charge on any atom is 0.306 e. The molecule has 0 radical (unpaired) electrons. The van der Waals surface area contributed by atoms with Crippen LogP contribution in [0.1, 0.15) is 112 Å². The Kier molecular flexibility index (Phi) is 9.28. The van der Waals surface area contributed by atoms with Crippen LogP contribution < -0.4 is 0 Å². The average molecular weight is 602 g/mol. The number of morpholine rings is 1. The molecule has 244 valence electrons. The summed E-state index contributed by atoms with van der Waals surface area (Å²) in [6.07, 6.45) is 13.6. The number of rotatable bonds is 7. The molecule has 6 fully saturated rings. The average Bonchev–Trinajstić information content (AvgIpc) is 3.30. The Morgan fingerprint density at radius 1 is 0.930 bits per heavy atom. The van der Waals surface area contributed by atoms with Crippen molar-refractivity contribution in [3.8, 4) is 0 Å². The van der Waals surface area contributed by atoms with E-state index in [4.69, 9.17) is 14.2 Å². The first-order valence-electron chi connectivity index (χ1n) is 18.2. The zero-order valence-electron chi connectivity index (χ0n) is 28.0. The standard InChI is InChI=1S/C36H61N2O5/c1-6-11-33(40)43-34-31(38(7-2)18-9-8-10-19-38)23-29-27-13-12-26-22-32(42-25(3)39)30(37-16-20-41-21-17-37)24-36(26,5)28(27)14-15-35(29,34)4/h26-32,34H,6-24H2,1-5H3/q+1/t26-,27?,28?,29?,30-,31-,32-,34-,35-,36-/m0/s1. The summed E-state index contributed by atoms with van der Waals surface area (Å²) in [5, 5.41) is 0. The number of fused-ring (bicyclic) bond motifs is 5. The predicted molar refractivity (Wildman–Crippen MR) is 167 cm³/mol. The fourth-order valence-electron chi connectivity index (χ4n) is 12.0. The molecule has 0 aromatic rings. The zero-order valence-corrected chi connectivity index (χ0v) is 28.0. The molecule has 4 aliphatic carbocycles. The lowest BCUT2D eigenvalue weighted by molar-refractivity contribution is -0.956. The Morgan fingerprint density at radius 2 is 1.67 bits per heavy atom. The number of hydrogen-bond acceptors (Lipinski definition) is 6. The summed E-state index contributed by atoms with van der Waals surface area (Å²) in [5.74, 6) is 2.49. The van der Waals surface area contributed by atoms with Crippen LogP contribution in [0.15, 0.2) is 0 Å². The van der Waals surface area contributed by atoms with E-state index in [0.29, 0.717) is 36.1 Å². The molecule has 6 aliphatic rings. The van der Waals surface area contributed by atoms with Gasteiger partial charge in [0.2, 0.25) is 0 Å². The van der Waals surface area contributed by atoms with E-state index in [1.54, 1.807) is 6.92 Å². The van der Waals surface area contributed by atoms with E-state index < -0.39 is 0 Å². The van der Waals surface area contributed by atoms with E-state index in [1.165, 1.54) is 64.5 Å². The van der Waals surface area contributed by atoms with E-state index in [0.717, 1.165) is 56.6 Å². The van der Waals surface area contributed by atoms with Gasteiger partial charge in [0.25, 0.3) is 0 Å². The number of carbonyl (C=O) groups excluding carboxylic acids is 2. The molecule has 6 rings (SSSR count). The maximum absolute atomic E-state index is 13.2. The lowest BCUT2D eigenvalue weighted by Gasteiger charge is -2.62. The summed E-state index contributed by atoms with van der Waals surface area (Å²) in [4.78, 5) is 28.0. The fraction of sp³-hybridized carbons (Fsp3) is 0.944. The van der Waals surface area contributed by atoms with Crippen molar-refractivity contribution in [1.82, 2.24) is 4.90 Å². The van der Waals surface area contributed by atoms with Gasteiger partial charge in [0.05, 0.1) is 32.8 Å². The number of ether oxygens (including phenoxy) is 3. The first-order chi connectivity index (χ1) is 20.6. The molecule has 0 bridgehead atoms. The van der Waals surface area contributed by atoms with Gasteiger partial charge >= 0.3 is 11.9 Å². The van der Waals surface area contributed by atoms with Gasteiger partial charge in [0.15, 0.2) is 6.10 Å². The van der Waals surface area contributed by atoms with E-state index in [-0.39, 0.29) is 41.0 Å². The van der Waals surface area contributed by atoms with Crippen molar-refractivity contribution in [3.63, 3.8) is 0 Å². The van der Waals surface area contributed by atoms with E-state index in [9.17, 15) is 9.59 Å². The molecular weight excluding hydrogens is 540 g/mol. The Bertz CT molecular complexity index is 1010. The lowest BCUT2D eigenvalue weighted by Crippen LogP contribution is -2.63. The second kappa shape index (κ2) is 12.5. The van der Waals surface area contributed by atoms with E-state index in [2.05, 4.69) is 32.6 Å². The fourth-order valence-corrected chi connectivity index (χ4v) is 12.0. The number of likely N-dealkylation sites (tertiary alicyclic amines) is 1. The van der Waals surface area contributed by atoms with Crippen molar-refractivity contribution >= 4 is 11.9 Å². The molecule has 0 spiro atoms. The van der Waals surface area contributed by atoms with Crippen LogP contribution in [-0.4, -0.2) is 91.6 Å². The Labute approximate surface area is 261 Å². The van der Waals surface area contributed by atoms with Crippen molar-refractivity contribution in [3.05, 3.63) is 0 Å². The lowest BCUT2D eigenvalue weighted by atomic mass is 9.44. The van der Waals surface area contributed by atoms with Crippen LogP contribution in [0.5, 0.6) is 0 Å². The van der Waals surface area contributed by atoms with Crippen molar-refractivity contribution in [2.45, 2.75) is 136 Å². The second-order valence-corrected chi connectivity index (χ2v) is 16.0. The van der Waals surface area contributed by atoms with Crippen LogP contribution in [0.4, 0.5) is 0 Å². The summed E-state index contributed by atoms with van der Waals surface area (Å²) in [7, 11) is 0. The number of piperidine rings is 1. The van der Waals surface area contributed by atoms with Gasteiger partial charge in [-0.25, -0.2) is 0 Å². The Hall–Kier alpha value is -1.18. The molecular formula is C36H61N2O5+. The third-order valence-corrected chi connectivity index (χ3v) is 14.2. The molecule has 10 atom stereocenters. The van der Waals surface area contributed by atoms with Crippen molar-refractivity contribution in [1.29, 1.82) is 0 Å². The van der Waals surface area contributed by atoms with Crippen molar-refractivity contribution in [2.75, 3.05) is 45.9 Å². The highest BCUT2D eigenvalue weighted by molar-refractivity contribution is 5.69. The van der Waals surface area contributed by atoms with Crippen LogP contribution in [0.25, 0.3) is 0 Å². The summed E-state index contributed by atoms with van der Waals surface area (Å²) in [5.41, 5.74) is 0.313. The van der Waals surface area contributed by atoms with Crippen LogP contribution in [0.3, 0.4) is 0 Å².